The van der Waals surface area contributed by atoms with Crippen molar-refractivity contribution in [1.82, 2.24) is 4.31 Å². The summed E-state index contributed by atoms with van der Waals surface area (Å²) in [4.78, 5) is 11.8. The van der Waals surface area contributed by atoms with Gasteiger partial charge in [0.05, 0.1) is 12.3 Å². The van der Waals surface area contributed by atoms with Crippen LogP contribution in [0, 0.1) is 0 Å². The zero-order valence-electron chi connectivity index (χ0n) is 11.8. The molecule has 0 saturated carbocycles. The number of nitrogens with zero attached hydrogens (tertiary/aromatic N) is 1. The first kappa shape index (κ1) is 15.6. The van der Waals surface area contributed by atoms with E-state index in [4.69, 9.17) is 10.5 Å². The lowest BCUT2D eigenvalue weighted by molar-refractivity contribution is -0.146. The molecule has 0 spiro atoms. The summed E-state index contributed by atoms with van der Waals surface area (Å²) in [7, 11) is -3.82. The van der Waals surface area contributed by atoms with E-state index in [1.54, 1.807) is 25.1 Å². The molecular weight excluding hydrogens is 294 g/mol. The molecular formula is C13H19N3O4S. The average molecular weight is 313 g/mol. The van der Waals surface area contributed by atoms with E-state index in [1.165, 1.54) is 6.07 Å². The van der Waals surface area contributed by atoms with E-state index >= 15 is 0 Å². The number of carbonyl (C=O) groups excluding carboxylic acids is 1. The van der Waals surface area contributed by atoms with E-state index in [1.807, 2.05) is 0 Å². The number of hydrogen-bond acceptors (Lipinski definition) is 5. The second-order valence-corrected chi connectivity index (χ2v) is 6.38. The third-order valence-electron chi connectivity index (χ3n) is 3.20. The number of carbonyl (C=O) groups is 1. The summed E-state index contributed by atoms with van der Waals surface area (Å²) in [6.07, 6.45) is 1.10. The molecule has 2 rings (SSSR count). The van der Waals surface area contributed by atoms with E-state index in [0.717, 1.165) is 4.31 Å². The SMILES string of the molecule is CCOC(=O)C1CCCN1S(=O)(=O)Nc1cccc(N)c1. The maximum Gasteiger partial charge on any atom is 0.324 e. The van der Waals surface area contributed by atoms with Gasteiger partial charge in [0.15, 0.2) is 0 Å². The van der Waals surface area contributed by atoms with Gasteiger partial charge in [-0.05, 0) is 38.0 Å². The molecule has 0 aromatic heterocycles. The molecule has 1 saturated heterocycles. The van der Waals surface area contributed by atoms with Gasteiger partial charge in [-0.3, -0.25) is 9.52 Å². The summed E-state index contributed by atoms with van der Waals surface area (Å²) in [6.45, 7) is 2.21. The van der Waals surface area contributed by atoms with Gasteiger partial charge >= 0.3 is 16.2 Å². The summed E-state index contributed by atoms with van der Waals surface area (Å²) in [5.74, 6) is -0.507. The summed E-state index contributed by atoms with van der Waals surface area (Å²) in [6, 6.07) is 5.68. The van der Waals surface area contributed by atoms with Crippen molar-refractivity contribution < 1.29 is 17.9 Å². The highest BCUT2D eigenvalue weighted by atomic mass is 32.2. The maximum absolute atomic E-state index is 12.4. The number of ether oxygens (including phenoxy) is 1. The standard InChI is InChI=1S/C13H19N3O4S/c1-2-20-13(17)12-7-4-8-16(12)21(18,19)15-11-6-3-5-10(14)9-11/h3,5-6,9,12,15H,2,4,7-8,14H2,1H3. The van der Waals surface area contributed by atoms with Crippen LogP contribution in [0.2, 0.25) is 0 Å². The van der Waals surface area contributed by atoms with Gasteiger partial charge in [0.1, 0.15) is 6.04 Å². The Kier molecular flexibility index (Phi) is 4.69. The Bertz CT molecular complexity index is 618. The predicted molar refractivity (Wildman–Crippen MR) is 79.8 cm³/mol. The molecule has 8 heteroatoms. The number of rotatable bonds is 5. The van der Waals surface area contributed by atoms with Gasteiger partial charge in [-0.25, -0.2) is 0 Å². The van der Waals surface area contributed by atoms with E-state index in [-0.39, 0.29) is 6.61 Å². The Balaban J connectivity index is 2.16. The van der Waals surface area contributed by atoms with E-state index in [2.05, 4.69) is 4.72 Å². The van der Waals surface area contributed by atoms with Gasteiger partial charge in [0.25, 0.3) is 0 Å². The van der Waals surface area contributed by atoms with E-state index in [9.17, 15) is 13.2 Å². The fraction of sp³-hybridized carbons (Fsp3) is 0.462. The number of nitrogen functional groups attached to an aromatic ring is 1. The van der Waals surface area contributed by atoms with E-state index < -0.39 is 22.2 Å². The van der Waals surface area contributed by atoms with Crippen LogP contribution in [-0.2, 0) is 19.7 Å². The van der Waals surface area contributed by atoms with Crippen molar-refractivity contribution in [3.63, 3.8) is 0 Å². The highest BCUT2D eigenvalue weighted by Gasteiger charge is 2.39. The van der Waals surface area contributed by atoms with Crippen LogP contribution in [0.1, 0.15) is 19.8 Å². The number of esters is 1. The fourth-order valence-corrected chi connectivity index (χ4v) is 3.75. The largest absolute Gasteiger partial charge is 0.465 e. The Morgan fingerprint density at radius 1 is 1.52 bits per heavy atom. The molecule has 1 unspecified atom stereocenters. The van der Waals surface area contributed by atoms with Crippen LogP contribution < -0.4 is 10.5 Å². The third kappa shape index (κ3) is 3.64. The zero-order valence-corrected chi connectivity index (χ0v) is 12.6. The molecule has 0 bridgehead atoms. The van der Waals surface area contributed by atoms with Crippen LogP contribution >= 0.6 is 0 Å². The number of benzene rings is 1. The number of hydrogen-bond donors (Lipinski definition) is 2. The monoisotopic (exact) mass is 313 g/mol. The fourth-order valence-electron chi connectivity index (χ4n) is 2.31. The first-order chi connectivity index (χ1) is 9.94. The second-order valence-electron chi connectivity index (χ2n) is 4.75. The minimum Gasteiger partial charge on any atom is -0.465 e. The number of nitrogens with one attached hydrogen (secondary N) is 1. The molecule has 1 aliphatic rings. The Morgan fingerprint density at radius 2 is 2.29 bits per heavy atom. The van der Waals surface area contributed by atoms with Crippen LogP contribution in [0.5, 0.6) is 0 Å². The summed E-state index contributed by atoms with van der Waals surface area (Å²) in [5, 5.41) is 0. The van der Waals surface area contributed by atoms with Gasteiger partial charge in [-0.1, -0.05) is 6.07 Å². The predicted octanol–water partition coefficient (Wildman–Crippen LogP) is 0.953. The molecule has 7 nitrogen and oxygen atoms in total. The van der Waals surface area contributed by atoms with Crippen LogP contribution in [-0.4, -0.2) is 37.9 Å². The summed E-state index contributed by atoms with van der Waals surface area (Å²) in [5.41, 5.74) is 6.45. The molecule has 116 valence electrons. The van der Waals surface area contributed by atoms with E-state index in [0.29, 0.717) is 30.8 Å². The molecule has 1 aromatic carbocycles. The van der Waals surface area contributed by atoms with Gasteiger partial charge in [-0.2, -0.15) is 12.7 Å². The Labute approximate surface area is 124 Å². The Hall–Kier alpha value is -1.80. The molecule has 1 aliphatic heterocycles. The lowest BCUT2D eigenvalue weighted by Crippen LogP contribution is -2.44. The first-order valence-corrected chi connectivity index (χ1v) is 8.20. The quantitative estimate of drug-likeness (QED) is 0.622. The van der Waals surface area contributed by atoms with Crippen molar-refractivity contribution in [2.75, 3.05) is 23.6 Å². The highest BCUT2D eigenvalue weighted by molar-refractivity contribution is 7.90. The lowest BCUT2D eigenvalue weighted by Gasteiger charge is -2.23. The van der Waals surface area contributed by atoms with Crippen molar-refractivity contribution in [2.24, 2.45) is 0 Å². The molecule has 0 amide bonds. The van der Waals surface area contributed by atoms with Gasteiger partial charge in [0.2, 0.25) is 0 Å². The van der Waals surface area contributed by atoms with Crippen LogP contribution in [0.4, 0.5) is 11.4 Å². The molecule has 1 aromatic rings. The molecule has 21 heavy (non-hydrogen) atoms. The first-order valence-electron chi connectivity index (χ1n) is 6.76. The third-order valence-corrected chi connectivity index (χ3v) is 4.75. The smallest absolute Gasteiger partial charge is 0.324 e. The topological polar surface area (TPSA) is 102 Å². The zero-order chi connectivity index (χ0) is 15.5. The molecule has 0 radical (unpaired) electrons. The van der Waals surface area contributed by atoms with Crippen molar-refractivity contribution >= 4 is 27.6 Å². The van der Waals surface area contributed by atoms with Crippen molar-refractivity contribution in [3.05, 3.63) is 24.3 Å². The van der Waals surface area contributed by atoms with Crippen LogP contribution in [0.15, 0.2) is 24.3 Å². The van der Waals surface area contributed by atoms with Crippen molar-refractivity contribution in [2.45, 2.75) is 25.8 Å². The number of anilines is 2. The molecule has 3 N–H and O–H groups in total. The minimum absolute atomic E-state index is 0.228. The highest BCUT2D eigenvalue weighted by Crippen LogP contribution is 2.24. The Morgan fingerprint density at radius 3 is 2.95 bits per heavy atom. The second kappa shape index (κ2) is 6.31. The normalized spacial score (nSPS) is 19.4. The number of nitrogens with two attached hydrogens (primary N) is 1. The molecule has 1 atom stereocenters. The van der Waals surface area contributed by atoms with Crippen molar-refractivity contribution in [3.8, 4) is 0 Å². The van der Waals surface area contributed by atoms with Gasteiger partial charge in [0, 0.05) is 12.2 Å². The van der Waals surface area contributed by atoms with Crippen molar-refractivity contribution in [1.29, 1.82) is 0 Å². The summed E-state index contributed by atoms with van der Waals surface area (Å²) >= 11 is 0. The minimum atomic E-state index is -3.82. The molecule has 1 fully saturated rings. The maximum atomic E-state index is 12.4. The van der Waals surface area contributed by atoms with Gasteiger partial charge in [-0.15, -0.1) is 0 Å². The van der Waals surface area contributed by atoms with Gasteiger partial charge < -0.3 is 10.5 Å². The molecule has 1 heterocycles. The molecule has 0 aliphatic carbocycles. The van der Waals surface area contributed by atoms with Crippen LogP contribution in [0.3, 0.4) is 0 Å². The average Bonchev–Trinajstić information content (AvgIpc) is 2.88. The summed E-state index contributed by atoms with van der Waals surface area (Å²) < 4.78 is 33.3. The lowest BCUT2D eigenvalue weighted by atomic mass is 10.2. The van der Waals surface area contributed by atoms with Crippen LogP contribution in [0.25, 0.3) is 0 Å².